The van der Waals surface area contributed by atoms with E-state index in [2.05, 4.69) is 15.9 Å². The molecule has 1 unspecified atom stereocenters. The number of nitrogens with zero attached hydrogens (tertiary/aromatic N) is 2. The fourth-order valence-electron chi connectivity index (χ4n) is 3.15. The van der Waals surface area contributed by atoms with Crippen LogP contribution in [0.2, 0.25) is 0 Å². The highest BCUT2D eigenvalue weighted by Gasteiger charge is 2.37. The van der Waals surface area contributed by atoms with Crippen molar-refractivity contribution in [2.45, 2.75) is 38.3 Å². The summed E-state index contributed by atoms with van der Waals surface area (Å²) in [5.41, 5.74) is 1.10. The summed E-state index contributed by atoms with van der Waals surface area (Å²) in [6.45, 7) is 1.85. The molecule has 2 aliphatic heterocycles. The summed E-state index contributed by atoms with van der Waals surface area (Å²) in [5, 5.41) is 0. The molecule has 2 aliphatic rings. The third kappa shape index (κ3) is 3.12. The Labute approximate surface area is 133 Å². The van der Waals surface area contributed by atoms with Crippen LogP contribution in [0.5, 0.6) is 0 Å². The van der Waals surface area contributed by atoms with E-state index in [9.17, 15) is 9.59 Å². The largest absolute Gasteiger partial charge is 0.336 e. The van der Waals surface area contributed by atoms with Crippen LogP contribution < -0.4 is 0 Å². The number of hydrogen-bond acceptors (Lipinski definition) is 2. The molecular formula is C16H19BrN2O2. The third-order valence-corrected chi connectivity index (χ3v) is 4.83. The summed E-state index contributed by atoms with van der Waals surface area (Å²) < 4.78 is 1.03. The van der Waals surface area contributed by atoms with E-state index in [1.54, 1.807) is 4.90 Å². The zero-order chi connectivity index (χ0) is 14.8. The summed E-state index contributed by atoms with van der Waals surface area (Å²) in [4.78, 5) is 28.5. The van der Waals surface area contributed by atoms with E-state index in [0.29, 0.717) is 19.5 Å². The first-order valence-electron chi connectivity index (χ1n) is 7.48. The predicted molar refractivity (Wildman–Crippen MR) is 83.5 cm³/mol. The molecule has 3 rings (SSSR count). The molecule has 112 valence electrons. The minimum absolute atomic E-state index is 0.114. The van der Waals surface area contributed by atoms with Crippen molar-refractivity contribution in [2.24, 2.45) is 0 Å². The minimum Gasteiger partial charge on any atom is -0.336 e. The van der Waals surface area contributed by atoms with Crippen LogP contribution in [0, 0.1) is 0 Å². The van der Waals surface area contributed by atoms with Crippen LogP contribution in [0.3, 0.4) is 0 Å². The van der Waals surface area contributed by atoms with Gasteiger partial charge in [-0.1, -0.05) is 28.1 Å². The van der Waals surface area contributed by atoms with Crippen molar-refractivity contribution in [2.75, 3.05) is 13.1 Å². The second-order valence-corrected chi connectivity index (χ2v) is 6.65. The molecule has 2 amide bonds. The van der Waals surface area contributed by atoms with Crippen LogP contribution >= 0.6 is 15.9 Å². The molecule has 0 saturated carbocycles. The topological polar surface area (TPSA) is 40.6 Å². The van der Waals surface area contributed by atoms with Gasteiger partial charge in [0.05, 0.1) is 0 Å². The van der Waals surface area contributed by atoms with Crippen molar-refractivity contribution in [3.8, 4) is 0 Å². The number of hydrogen-bond donors (Lipinski definition) is 0. The van der Waals surface area contributed by atoms with Gasteiger partial charge in [-0.15, -0.1) is 0 Å². The average molecular weight is 351 g/mol. The van der Waals surface area contributed by atoms with Gasteiger partial charge in [-0.05, 0) is 37.0 Å². The predicted octanol–water partition coefficient (Wildman–Crippen LogP) is 2.56. The Morgan fingerprint density at radius 2 is 1.86 bits per heavy atom. The van der Waals surface area contributed by atoms with Gasteiger partial charge in [0.25, 0.3) is 0 Å². The monoisotopic (exact) mass is 350 g/mol. The lowest BCUT2D eigenvalue weighted by Crippen LogP contribution is -2.49. The number of piperidine rings is 1. The minimum atomic E-state index is -0.232. The number of halogens is 1. The molecule has 0 N–H and O–H groups in total. The number of rotatable bonds is 2. The van der Waals surface area contributed by atoms with Crippen molar-refractivity contribution in [3.63, 3.8) is 0 Å². The normalized spacial score (nSPS) is 23.0. The van der Waals surface area contributed by atoms with Gasteiger partial charge in [0.15, 0.2) is 0 Å². The fraction of sp³-hybridized carbons (Fsp3) is 0.500. The zero-order valence-electron chi connectivity index (χ0n) is 11.9. The standard InChI is InChI=1S/C16H19BrN2O2/c17-13-6-4-12(5-7-13)11-18-10-8-15(20)19-9-2-1-3-14(19)16(18)21/h4-7,14H,1-3,8-11H2. The number of fused-ring (bicyclic) bond motifs is 1. The number of carbonyl (C=O) groups excluding carboxylic acids is 2. The van der Waals surface area contributed by atoms with Gasteiger partial charge in [0.1, 0.15) is 6.04 Å². The number of benzene rings is 1. The first-order valence-corrected chi connectivity index (χ1v) is 8.27. The molecule has 2 fully saturated rings. The lowest BCUT2D eigenvalue weighted by Gasteiger charge is -2.34. The van der Waals surface area contributed by atoms with Crippen molar-refractivity contribution >= 4 is 27.7 Å². The highest BCUT2D eigenvalue weighted by atomic mass is 79.9. The Bertz CT molecular complexity index is 544. The van der Waals surface area contributed by atoms with Gasteiger partial charge < -0.3 is 9.80 Å². The maximum atomic E-state index is 12.7. The Morgan fingerprint density at radius 1 is 1.10 bits per heavy atom. The van der Waals surface area contributed by atoms with Crippen LogP contribution in [-0.2, 0) is 16.1 Å². The van der Waals surface area contributed by atoms with Crippen LogP contribution in [0.25, 0.3) is 0 Å². The SMILES string of the molecule is O=C1C2CCCCN2C(=O)CCN1Cc1ccc(Br)cc1. The molecule has 5 heteroatoms. The maximum Gasteiger partial charge on any atom is 0.245 e. The summed E-state index contributed by atoms with van der Waals surface area (Å²) in [7, 11) is 0. The van der Waals surface area contributed by atoms with Crippen LogP contribution in [0.1, 0.15) is 31.2 Å². The van der Waals surface area contributed by atoms with Gasteiger partial charge in [0.2, 0.25) is 11.8 Å². The van der Waals surface area contributed by atoms with Crippen molar-refractivity contribution in [1.29, 1.82) is 0 Å². The van der Waals surface area contributed by atoms with Gasteiger partial charge >= 0.3 is 0 Å². The maximum absolute atomic E-state index is 12.7. The Hall–Kier alpha value is -1.36. The van der Waals surface area contributed by atoms with Gasteiger partial charge in [-0.2, -0.15) is 0 Å². The summed E-state index contributed by atoms with van der Waals surface area (Å²) in [5.74, 6) is 0.245. The highest BCUT2D eigenvalue weighted by Crippen LogP contribution is 2.24. The van der Waals surface area contributed by atoms with Crippen LogP contribution in [-0.4, -0.2) is 40.7 Å². The van der Waals surface area contributed by atoms with Gasteiger partial charge in [-0.3, -0.25) is 9.59 Å². The van der Waals surface area contributed by atoms with E-state index in [-0.39, 0.29) is 17.9 Å². The van der Waals surface area contributed by atoms with Crippen LogP contribution in [0.4, 0.5) is 0 Å². The summed E-state index contributed by atoms with van der Waals surface area (Å²) in [6, 6.07) is 7.76. The molecule has 0 bridgehead atoms. The van der Waals surface area contributed by atoms with E-state index < -0.39 is 0 Å². The molecule has 0 spiro atoms. The summed E-state index contributed by atoms with van der Waals surface area (Å²) in [6.07, 6.45) is 3.30. The second-order valence-electron chi connectivity index (χ2n) is 5.73. The molecule has 1 atom stereocenters. The molecule has 21 heavy (non-hydrogen) atoms. The molecule has 0 radical (unpaired) electrons. The molecule has 2 heterocycles. The lowest BCUT2D eigenvalue weighted by atomic mass is 10.0. The third-order valence-electron chi connectivity index (χ3n) is 4.30. The van der Waals surface area contributed by atoms with Gasteiger partial charge in [-0.25, -0.2) is 0 Å². The van der Waals surface area contributed by atoms with Crippen molar-refractivity contribution in [3.05, 3.63) is 34.3 Å². The fourth-order valence-corrected chi connectivity index (χ4v) is 3.41. The van der Waals surface area contributed by atoms with E-state index in [1.807, 2.05) is 29.2 Å². The number of amides is 2. The first kappa shape index (κ1) is 14.6. The zero-order valence-corrected chi connectivity index (χ0v) is 13.5. The molecule has 1 aromatic rings. The molecule has 1 aromatic carbocycles. The quantitative estimate of drug-likeness (QED) is 0.822. The first-order chi connectivity index (χ1) is 10.1. The molecule has 0 aliphatic carbocycles. The molecule has 4 nitrogen and oxygen atoms in total. The van der Waals surface area contributed by atoms with Crippen LogP contribution in [0.15, 0.2) is 28.7 Å². The van der Waals surface area contributed by atoms with Crippen molar-refractivity contribution in [1.82, 2.24) is 9.80 Å². The highest BCUT2D eigenvalue weighted by molar-refractivity contribution is 9.10. The Kier molecular flexibility index (Phi) is 4.29. The molecular weight excluding hydrogens is 332 g/mol. The number of carbonyl (C=O) groups is 2. The summed E-state index contributed by atoms with van der Waals surface area (Å²) >= 11 is 3.42. The second kappa shape index (κ2) is 6.18. The Morgan fingerprint density at radius 3 is 2.62 bits per heavy atom. The van der Waals surface area contributed by atoms with E-state index in [4.69, 9.17) is 0 Å². The van der Waals surface area contributed by atoms with Crippen molar-refractivity contribution < 1.29 is 9.59 Å². The molecule has 0 aromatic heterocycles. The van der Waals surface area contributed by atoms with E-state index >= 15 is 0 Å². The Balaban J connectivity index is 1.77. The smallest absolute Gasteiger partial charge is 0.245 e. The van der Waals surface area contributed by atoms with E-state index in [0.717, 1.165) is 35.8 Å². The molecule has 2 saturated heterocycles. The average Bonchev–Trinajstić information content (AvgIpc) is 2.62. The van der Waals surface area contributed by atoms with Gasteiger partial charge in [0, 0.05) is 30.5 Å². The lowest BCUT2D eigenvalue weighted by molar-refractivity contribution is -0.143. The van der Waals surface area contributed by atoms with E-state index in [1.165, 1.54) is 0 Å².